The Balaban J connectivity index is 1.30. The zero-order valence-electron chi connectivity index (χ0n) is 25.1. The van der Waals surface area contributed by atoms with Gasteiger partial charge in [0.1, 0.15) is 0 Å². The summed E-state index contributed by atoms with van der Waals surface area (Å²) in [6.45, 7) is 0. The number of nitrogens with zero attached hydrogens (tertiary/aromatic N) is 2. The van der Waals surface area contributed by atoms with E-state index in [1.165, 1.54) is 76.2 Å². The summed E-state index contributed by atoms with van der Waals surface area (Å²) in [5, 5.41) is 11.4. The Hall–Kier alpha value is -6.12. The molecule has 2 heterocycles. The van der Waals surface area contributed by atoms with E-state index in [9.17, 15) is 0 Å². The molecule has 2 aromatic heterocycles. The van der Waals surface area contributed by atoms with Crippen LogP contribution in [0.3, 0.4) is 0 Å². The molecule has 214 valence electrons. The van der Waals surface area contributed by atoms with Gasteiger partial charge in [-0.2, -0.15) is 0 Å². The first-order valence-electron chi connectivity index (χ1n) is 15.9. The van der Waals surface area contributed by atoms with Crippen LogP contribution in [0.1, 0.15) is 0 Å². The molecule has 0 bridgehead atoms. The second-order valence-electron chi connectivity index (χ2n) is 12.2. The van der Waals surface area contributed by atoms with E-state index in [1.54, 1.807) is 0 Å². The van der Waals surface area contributed by atoms with Gasteiger partial charge in [0.25, 0.3) is 0 Å². The molecule has 0 radical (unpaired) electrons. The van der Waals surface area contributed by atoms with Crippen LogP contribution in [-0.2, 0) is 0 Å². The molecule has 10 rings (SSSR count). The van der Waals surface area contributed by atoms with Gasteiger partial charge in [0.2, 0.25) is 0 Å². The van der Waals surface area contributed by atoms with Gasteiger partial charge in [-0.25, -0.2) is 0 Å². The molecule has 0 amide bonds. The van der Waals surface area contributed by atoms with E-state index >= 15 is 0 Å². The molecule has 0 N–H and O–H groups in total. The molecule has 0 saturated heterocycles. The number of benzene rings is 8. The van der Waals surface area contributed by atoms with Gasteiger partial charge < -0.3 is 9.13 Å². The Morgan fingerprint density at radius 1 is 0.326 bits per heavy atom. The summed E-state index contributed by atoms with van der Waals surface area (Å²) in [6, 6.07) is 59.8. The third kappa shape index (κ3) is 3.59. The maximum Gasteiger partial charge on any atom is 0.0788 e. The smallest absolute Gasteiger partial charge is 0.0788 e. The van der Waals surface area contributed by atoms with E-state index in [0.717, 1.165) is 11.4 Å². The van der Waals surface area contributed by atoms with Crippen molar-refractivity contribution in [2.24, 2.45) is 0 Å². The topological polar surface area (TPSA) is 9.86 Å². The molecular weight excluding hydrogens is 556 g/mol. The summed E-state index contributed by atoms with van der Waals surface area (Å²) in [7, 11) is 0. The SMILES string of the molecule is c1ccc(-c2ccc3c4ccc(-n5c6ccccc6c6ccc7ccn(-c8ccccc8)c7c65)cc4c4ccccc4c3c2)cc1. The highest BCUT2D eigenvalue weighted by Gasteiger charge is 2.19. The van der Waals surface area contributed by atoms with Gasteiger partial charge in [-0.1, -0.05) is 121 Å². The van der Waals surface area contributed by atoms with Gasteiger partial charge in [0.15, 0.2) is 0 Å². The van der Waals surface area contributed by atoms with Gasteiger partial charge in [-0.05, 0) is 85.9 Å². The highest BCUT2D eigenvalue weighted by Crippen LogP contribution is 2.41. The van der Waals surface area contributed by atoms with E-state index in [2.05, 4.69) is 179 Å². The lowest BCUT2D eigenvalue weighted by molar-refractivity contribution is 1.12. The zero-order valence-corrected chi connectivity index (χ0v) is 25.1. The van der Waals surface area contributed by atoms with Crippen molar-refractivity contribution in [3.8, 4) is 22.5 Å². The fourth-order valence-electron chi connectivity index (χ4n) is 7.64. The van der Waals surface area contributed by atoms with Crippen LogP contribution >= 0.6 is 0 Å². The van der Waals surface area contributed by atoms with Crippen molar-refractivity contribution in [2.45, 2.75) is 0 Å². The van der Waals surface area contributed by atoms with E-state index in [1.807, 2.05) is 0 Å². The van der Waals surface area contributed by atoms with Gasteiger partial charge in [0, 0.05) is 33.7 Å². The fraction of sp³-hybridized carbons (Fsp3) is 0. The monoisotopic (exact) mass is 584 g/mol. The van der Waals surface area contributed by atoms with Crippen molar-refractivity contribution in [3.63, 3.8) is 0 Å². The Kier molecular flexibility index (Phi) is 5.31. The van der Waals surface area contributed by atoms with Crippen molar-refractivity contribution < 1.29 is 0 Å². The molecule has 0 aliphatic carbocycles. The molecule has 0 aliphatic rings. The molecule has 0 spiro atoms. The molecule has 0 unspecified atom stereocenters. The minimum Gasteiger partial charge on any atom is -0.315 e. The number of hydrogen-bond donors (Lipinski definition) is 0. The molecule has 0 atom stereocenters. The molecule has 8 aromatic carbocycles. The highest BCUT2D eigenvalue weighted by atomic mass is 15.0. The molecule has 2 nitrogen and oxygen atoms in total. The lowest BCUT2D eigenvalue weighted by Crippen LogP contribution is -1.98. The van der Waals surface area contributed by atoms with Crippen LogP contribution in [0.4, 0.5) is 0 Å². The van der Waals surface area contributed by atoms with Crippen molar-refractivity contribution in [2.75, 3.05) is 0 Å². The highest BCUT2D eigenvalue weighted by molar-refractivity contribution is 6.26. The third-order valence-corrected chi connectivity index (χ3v) is 9.71. The summed E-state index contributed by atoms with van der Waals surface area (Å²) in [5.41, 5.74) is 8.46. The summed E-state index contributed by atoms with van der Waals surface area (Å²) < 4.78 is 4.81. The minimum atomic E-state index is 1.16. The maximum atomic E-state index is 2.48. The van der Waals surface area contributed by atoms with Crippen molar-refractivity contribution in [1.29, 1.82) is 0 Å². The van der Waals surface area contributed by atoms with Crippen LogP contribution < -0.4 is 0 Å². The summed E-state index contributed by atoms with van der Waals surface area (Å²) in [6.07, 6.45) is 2.20. The van der Waals surface area contributed by atoms with Crippen LogP contribution in [0.15, 0.2) is 170 Å². The molecule has 10 aromatic rings. The van der Waals surface area contributed by atoms with E-state index in [4.69, 9.17) is 0 Å². The second kappa shape index (κ2) is 9.69. The zero-order chi connectivity index (χ0) is 30.2. The Morgan fingerprint density at radius 3 is 1.72 bits per heavy atom. The van der Waals surface area contributed by atoms with E-state index in [-0.39, 0.29) is 0 Å². The Bertz CT molecular complexity index is 2760. The fourth-order valence-corrected chi connectivity index (χ4v) is 7.64. The quantitative estimate of drug-likeness (QED) is 0.183. The van der Waals surface area contributed by atoms with Crippen LogP contribution in [0.5, 0.6) is 0 Å². The van der Waals surface area contributed by atoms with Gasteiger partial charge in [0.05, 0.1) is 16.6 Å². The largest absolute Gasteiger partial charge is 0.315 e. The molecule has 2 heteroatoms. The summed E-state index contributed by atoms with van der Waals surface area (Å²) in [4.78, 5) is 0. The van der Waals surface area contributed by atoms with Crippen LogP contribution in [0.2, 0.25) is 0 Å². The second-order valence-corrected chi connectivity index (χ2v) is 12.2. The number of fused-ring (bicyclic) bond motifs is 11. The first-order valence-corrected chi connectivity index (χ1v) is 15.9. The summed E-state index contributed by atoms with van der Waals surface area (Å²) in [5.74, 6) is 0. The van der Waals surface area contributed by atoms with Crippen LogP contribution in [-0.4, -0.2) is 9.13 Å². The van der Waals surface area contributed by atoms with Gasteiger partial charge in [-0.15, -0.1) is 0 Å². The minimum absolute atomic E-state index is 1.16. The average Bonchev–Trinajstić information content (AvgIpc) is 3.72. The molecule has 0 fully saturated rings. The van der Waals surface area contributed by atoms with E-state index in [0.29, 0.717) is 0 Å². The van der Waals surface area contributed by atoms with Crippen molar-refractivity contribution in [3.05, 3.63) is 170 Å². The lowest BCUT2D eigenvalue weighted by Gasteiger charge is -2.15. The number of rotatable bonds is 3. The van der Waals surface area contributed by atoms with Gasteiger partial charge >= 0.3 is 0 Å². The van der Waals surface area contributed by atoms with Crippen molar-refractivity contribution in [1.82, 2.24) is 9.13 Å². The first-order chi connectivity index (χ1) is 22.8. The van der Waals surface area contributed by atoms with Gasteiger partial charge in [-0.3, -0.25) is 0 Å². The molecular formula is C44H28N2. The molecule has 0 saturated carbocycles. The molecule has 0 aliphatic heterocycles. The Morgan fingerprint density at radius 2 is 0.935 bits per heavy atom. The van der Waals surface area contributed by atoms with Crippen molar-refractivity contribution >= 4 is 65.0 Å². The maximum absolute atomic E-state index is 2.48. The summed E-state index contributed by atoms with van der Waals surface area (Å²) >= 11 is 0. The number of aromatic nitrogens is 2. The lowest BCUT2D eigenvalue weighted by atomic mass is 9.92. The third-order valence-electron chi connectivity index (χ3n) is 9.71. The van der Waals surface area contributed by atoms with E-state index < -0.39 is 0 Å². The first kappa shape index (κ1) is 25.2. The standard InChI is InChI=1S/C44H28N2/c1-3-11-29(12-4-1)31-20-22-36-37-24-21-33(28-41(37)35-16-8-7-15-34(35)40(36)27-31)46-42-18-10-9-17-38(42)39-23-19-30-25-26-45(43(30)44(39)46)32-13-5-2-6-14-32/h1-28H. The predicted molar refractivity (Wildman–Crippen MR) is 196 cm³/mol. The average molecular weight is 585 g/mol. The van der Waals surface area contributed by atoms with Crippen LogP contribution in [0.25, 0.3) is 87.5 Å². The molecule has 46 heavy (non-hydrogen) atoms. The normalized spacial score (nSPS) is 11.9. The predicted octanol–water partition coefficient (Wildman–Crippen LogP) is 11.9. The van der Waals surface area contributed by atoms with Crippen LogP contribution in [0, 0.1) is 0 Å². The Labute approximate surface area is 266 Å². The number of para-hydroxylation sites is 2. The number of hydrogen-bond acceptors (Lipinski definition) is 0.